The van der Waals surface area contributed by atoms with Crippen molar-refractivity contribution >= 4 is 28.0 Å². The second kappa shape index (κ2) is 8.02. The first-order valence-electron chi connectivity index (χ1n) is 10.5. The molecule has 8 nitrogen and oxygen atoms in total. The summed E-state index contributed by atoms with van der Waals surface area (Å²) < 4.78 is 12.4. The zero-order valence-electron chi connectivity index (χ0n) is 17.2. The Bertz CT molecular complexity index is 1100. The normalized spacial score (nSPS) is 21.6. The van der Waals surface area contributed by atoms with Crippen molar-refractivity contribution in [2.45, 2.75) is 42.7 Å². The first kappa shape index (κ1) is 20.1. The highest BCUT2D eigenvalue weighted by Gasteiger charge is 2.38. The zero-order valence-corrected chi connectivity index (χ0v) is 18.0. The van der Waals surface area contributed by atoms with Gasteiger partial charge in [-0.05, 0) is 31.3 Å². The third-order valence-electron chi connectivity index (χ3n) is 6.26. The van der Waals surface area contributed by atoms with Crippen LogP contribution in [0.15, 0.2) is 23.5 Å². The molecule has 0 amide bonds. The monoisotopic (exact) mass is 436 g/mol. The highest BCUT2D eigenvalue weighted by Crippen LogP contribution is 2.38. The lowest BCUT2D eigenvalue weighted by Gasteiger charge is -2.42. The summed E-state index contributed by atoms with van der Waals surface area (Å²) in [5.41, 5.74) is 2.20. The fourth-order valence-electron chi connectivity index (χ4n) is 4.19. The van der Waals surface area contributed by atoms with Crippen LogP contribution in [0.2, 0.25) is 0 Å². The van der Waals surface area contributed by atoms with Crippen molar-refractivity contribution in [2.75, 3.05) is 35.7 Å². The molecule has 4 heterocycles. The molecule has 0 aromatic carbocycles. The minimum absolute atomic E-state index is 0.0450. The number of terminal acetylenes is 1. The van der Waals surface area contributed by atoms with Crippen molar-refractivity contribution in [1.82, 2.24) is 19.9 Å². The maximum absolute atomic E-state index is 12.4. The SMILES string of the molecule is C#Cc1cnc(C2=CCN(c3nc4c(nc3NC3(CO)CCC3)S(=O)CC4)CC2)nc1. The minimum atomic E-state index is -1.11. The summed E-state index contributed by atoms with van der Waals surface area (Å²) in [5.74, 6) is 5.18. The van der Waals surface area contributed by atoms with Gasteiger partial charge in [-0.2, -0.15) is 0 Å². The van der Waals surface area contributed by atoms with Gasteiger partial charge in [0, 0.05) is 37.7 Å². The minimum Gasteiger partial charge on any atom is -0.394 e. The van der Waals surface area contributed by atoms with Gasteiger partial charge < -0.3 is 15.3 Å². The summed E-state index contributed by atoms with van der Waals surface area (Å²) in [4.78, 5) is 20.5. The van der Waals surface area contributed by atoms with Gasteiger partial charge in [0.2, 0.25) is 0 Å². The molecule has 1 aliphatic carbocycles. The van der Waals surface area contributed by atoms with E-state index in [9.17, 15) is 9.32 Å². The highest BCUT2D eigenvalue weighted by molar-refractivity contribution is 7.85. The van der Waals surface area contributed by atoms with Gasteiger partial charge in [-0.15, -0.1) is 6.42 Å². The van der Waals surface area contributed by atoms with Gasteiger partial charge in [0.25, 0.3) is 0 Å². The van der Waals surface area contributed by atoms with Gasteiger partial charge >= 0.3 is 0 Å². The third-order valence-corrected chi connectivity index (χ3v) is 7.60. The summed E-state index contributed by atoms with van der Waals surface area (Å²) in [7, 11) is -1.11. The van der Waals surface area contributed by atoms with Crippen molar-refractivity contribution in [3.63, 3.8) is 0 Å². The van der Waals surface area contributed by atoms with Crippen LogP contribution in [-0.2, 0) is 17.2 Å². The number of aliphatic hydroxyl groups excluding tert-OH is 1. The van der Waals surface area contributed by atoms with Crippen molar-refractivity contribution < 1.29 is 9.32 Å². The summed E-state index contributed by atoms with van der Waals surface area (Å²) in [6.45, 7) is 1.43. The van der Waals surface area contributed by atoms with E-state index in [2.05, 4.69) is 32.2 Å². The Labute approximate surface area is 183 Å². The molecule has 9 heteroatoms. The average Bonchev–Trinajstić information content (AvgIpc) is 3.15. The number of aryl methyl sites for hydroxylation is 1. The number of anilines is 2. The topological polar surface area (TPSA) is 104 Å². The van der Waals surface area contributed by atoms with E-state index in [1.54, 1.807) is 12.4 Å². The summed E-state index contributed by atoms with van der Waals surface area (Å²) >= 11 is 0. The standard InChI is InChI=1S/C22H24N6O2S/c1-2-15-12-23-18(24-13-15)16-4-9-28(10-5-16)20-19(27-22(14-29)7-3-8-22)26-21-17(25-20)6-11-31(21)30/h1,4,12-13,29H,3,5-11,14H2,(H,26,27). The lowest BCUT2D eigenvalue weighted by atomic mass is 9.77. The molecule has 5 rings (SSSR count). The van der Waals surface area contributed by atoms with E-state index in [0.29, 0.717) is 41.0 Å². The van der Waals surface area contributed by atoms with E-state index >= 15 is 0 Å². The van der Waals surface area contributed by atoms with Gasteiger partial charge in [-0.1, -0.05) is 12.0 Å². The molecule has 1 fully saturated rings. The van der Waals surface area contributed by atoms with E-state index in [0.717, 1.165) is 49.3 Å². The number of fused-ring (bicyclic) bond motifs is 1. The van der Waals surface area contributed by atoms with Crippen LogP contribution in [-0.4, -0.2) is 60.2 Å². The Morgan fingerprint density at radius 2 is 2.06 bits per heavy atom. The van der Waals surface area contributed by atoms with Crippen LogP contribution in [0.1, 0.15) is 42.8 Å². The zero-order chi connectivity index (χ0) is 21.4. The van der Waals surface area contributed by atoms with Gasteiger partial charge in [-0.25, -0.2) is 19.9 Å². The Morgan fingerprint density at radius 1 is 1.26 bits per heavy atom. The van der Waals surface area contributed by atoms with E-state index < -0.39 is 10.8 Å². The van der Waals surface area contributed by atoms with E-state index in [-0.39, 0.29) is 12.1 Å². The molecule has 0 saturated heterocycles. The highest BCUT2D eigenvalue weighted by atomic mass is 32.2. The van der Waals surface area contributed by atoms with Crippen LogP contribution in [0.5, 0.6) is 0 Å². The molecule has 2 aliphatic heterocycles. The largest absolute Gasteiger partial charge is 0.394 e. The number of rotatable bonds is 5. The molecule has 1 atom stereocenters. The molecule has 0 radical (unpaired) electrons. The first-order valence-corrected chi connectivity index (χ1v) is 11.8. The van der Waals surface area contributed by atoms with Crippen LogP contribution < -0.4 is 10.2 Å². The smallest absolute Gasteiger partial charge is 0.172 e. The first-order chi connectivity index (χ1) is 15.1. The maximum Gasteiger partial charge on any atom is 0.172 e. The summed E-state index contributed by atoms with van der Waals surface area (Å²) in [6.07, 6.45) is 15.1. The Balaban J connectivity index is 1.43. The molecule has 2 N–H and O–H groups in total. The molecule has 31 heavy (non-hydrogen) atoms. The molecule has 2 aromatic rings. The van der Waals surface area contributed by atoms with Gasteiger partial charge in [0.1, 0.15) is 0 Å². The second-order valence-electron chi connectivity index (χ2n) is 8.23. The molecular formula is C22H24N6O2S. The van der Waals surface area contributed by atoms with Crippen molar-refractivity contribution in [2.24, 2.45) is 0 Å². The lowest BCUT2D eigenvalue weighted by Crippen LogP contribution is -2.49. The van der Waals surface area contributed by atoms with Crippen molar-refractivity contribution in [3.05, 3.63) is 35.6 Å². The van der Waals surface area contributed by atoms with Crippen LogP contribution in [0.4, 0.5) is 11.6 Å². The quantitative estimate of drug-likeness (QED) is 0.680. The Kier molecular flexibility index (Phi) is 5.20. The molecule has 0 spiro atoms. The van der Waals surface area contributed by atoms with Crippen LogP contribution in [0, 0.1) is 12.3 Å². The van der Waals surface area contributed by atoms with Crippen molar-refractivity contribution in [3.8, 4) is 12.3 Å². The fourth-order valence-corrected chi connectivity index (χ4v) is 5.37. The Morgan fingerprint density at radius 3 is 2.68 bits per heavy atom. The average molecular weight is 437 g/mol. The summed E-state index contributed by atoms with van der Waals surface area (Å²) in [6, 6.07) is 0. The number of aliphatic hydroxyl groups is 1. The van der Waals surface area contributed by atoms with Crippen molar-refractivity contribution in [1.29, 1.82) is 0 Å². The second-order valence-corrected chi connectivity index (χ2v) is 9.72. The van der Waals surface area contributed by atoms with Gasteiger partial charge in [-0.3, -0.25) is 4.21 Å². The number of aromatic nitrogens is 4. The molecule has 0 bridgehead atoms. The van der Waals surface area contributed by atoms with Crippen LogP contribution in [0.3, 0.4) is 0 Å². The molecule has 160 valence electrons. The van der Waals surface area contributed by atoms with E-state index in [4.69, 9.17) is 16.4 Å². The molecule has 3 aliphatic rings. The maximum atomic E-state index is 12.4. The third kappa shape index (κ3) is 3.70. The van der Waals surface area contributed by atoms with E-state index in [1.807, 2.05) is 0 Å². The lowest BCUT2D eigenvalue weighted by molar-refractivity contribution is 0.143. The van der Waals surface area contributed by atoms with Crippen LogP contribution >= 0.6 is 0 Å². The predicted molar refractivity (Wildman–Crippen MR) is 119 cm³/mol. The summed E-state index contributed by atoms with van der Waals surface area (Å²) in [5, 5.41) is 13.9. The number of nitrogens with one attached hydrogen (secondary N) is 1. The molecule has 1 unspecified atom stereocenters. The predicted octanol–water partition coefficient (Wildman–Crippen LogP) is 1.53. The Hall–Kier alpha value is -2.83. The number of nitrogens with zero attached hydrogens (tertiary/aromatic N) is 5. The van der Waals surface area contributed by atoms with E-state index in [1.165, 1.54) is 0 Å². The number of hydrogen-bond acceptors (Lipinski definition) is 8. The van der Waals surface area contributed by atoms with Crippen LogP contribution in [0.25, 0.3) is 5.57 Å². The molecule has 2 aromatic heterocycles. The van der Waals surface area contributed by atoms with Gasteiger partial charge in [0.15, 0.2) is 22.5 Å². The van der Waals surface area contributed by atoms with Gasteiger partial charge in [0.05, 0.1) is 34.2 Å². The number of hydrogen-bond donors (Lipinski definition) is 2. The fraction of sp³-hybridized carbons (Fsp3) is 0.455. The molecular weight excluding hydrogens is 412 g/mol. The molecule has 1 saturated carbocycles.